The van der Waals surface area contributed by atoms with E-state index in [4.69, 9.17) is 4.42 Å². The summed E-state index contributed by atoms with van der Waals surface area (Å²) in [5.74, 6) is 1.39. The molecule has 3 rings (SSSR count). The molecule has 3 heterocycles. The van der Waals surface area contributed by atoms with Crippen LogP contribution in [0.25, 0.3) is 0 Å². The van der Waals surface area contributed by atoms with Crippen molar-refractivity contribution in [2.45, 2.75) is 42.5 Å². The molecule has 2 aromatic heterocycles. The van der Waals surface area contributed by atoms with Gasteiger partial charge in [-0.3, -0.25) is 4.79 Å². The molecule has 0 aliphatic carbocycles. The molecular formula is C12H13N3O2S. The van der Waals surface area contributed by atoms with Gasteiger partial charge in [0.05, 0.1) is 0 Å². The van der Waals surface area contributed by atoms with E-state index in [1.165, 1.54) is 24.6 Å². The molecule has 0 fully saturated rings. The van der Waals surface area contributed by atoms with Gasteiger partial charge in [-0.25, -0.2) is 0 Å². The van der Waals surface area contributed by atoms with Crippen LogP contribution in [0.1, 0.15) is 35.6 Å². The third kappa shape index (κ3) is 2.20. The molecule has 0 bridgehead atoms. The zero-order valence-electron chi connectivity index (χ0n) is 9.83. The fourth-order valence-electron chi connectivity index (χ4n) is 2.08. The molecule has 0 amide bonds. The second-order valence-electron chi connectivity index (χ2n) is 4.24. The van der Waals surface area contributed by atoms with Gasteiger partial charge in [0.1, 0.15) is 5.82 Å². The maximum Gasteiger partial charge on any atom is 0.198 e. The molecule has 0 radical (unpaired) electrons. The molecule has 6 heteroatoms. The van der Waals surface area contributed by atoms with Crippen LogP contribution < -0.4 is 0 Å². The first-order valence-electron chi connectivity index (χ1n) is 6.02. The van der Waals surface area contributed by atoms with Crippen molar-refractivity contribution in [2.24, 2.45) is 0 Å². The van der Waals surface area contributed by atoms with Gasteiger partial charge in [-0.2, -0.15) is 0 Å². The number of nitrogens with zero attached hydrogens (tertiary/aromatic N) is 3. The van der Waals surface area contributed by atoms with E-state index in [1.54, 1.807) is 12.1 Å². The van der Waals surface area contributed by atoms with Gasteiger partial charge in [-0.15, -0.1) is 10.2 Å². The molecule has 0 atom stereocenters. The summed E-state index contributed by atoms with van der Waals surface area (Å²) in [7, 11) is 0. The molecule has 0 unspecified atom stereocenters. The van der Waals surface area contributed by atoms with Gasteiger partial charge in [0, 0.05) is 13.0 Å². The Kier molecular flexibility index (Phi) is 3.19. The number of hydrogen-bond acceptors (Lipinski definition) is 5. The average molecular weight is 263 g/mol. The first-order chi connectivity index (χ1) is 8.86. The van der Waals surface area contributed by atoms with Crippen LogP contribution in [0.15, 0.2) is 26.8 Å². The number of rotatable bonds is 3. The van der Waals surface area contributed by atoms with Crippen LogP contribution in [-0.4, -0.2) is 21.1 Å². The summed E-state index contributed by atoms with van der Waals surface area (Å²) in [6.45, 7) is 0.964. The number of aryl methyl sites for hydroxylation is 1. The van der Waals surface area contributed by atoms with Crippen molar-refractivity contribution in [3.05, 3.63) is 23.7 Å². The van der Waals surface area contributed by atoms with E-state index in [1.807, 2.05) is 0 Å². The van der Waals surface area contributed by atoms with E-state index >= 15 is 0 Å². The molecule has 0 saturated heterocycles. The van der Waals surface area contributed by atoms with E-state index in [0.29, 0.717) is 17.1 Å². The molecule has 0 spiro atoms. The summed E-state index contributed by atoms with van der Waals surface area (Å²) >= 11 is 1.42. The van der Waals surface area contributed by atoms with Crippen molar-refractivity contribution in [2.75, 3.05) is 0 Å². The Hall–Kier alpha value is -1.56. The lowest BCUT2D eigenvalue weighted by Crippen LogP contribution is -2.01. The molecular weight excluding hydrogens is 250 g/mol. The number of fused-ring (bicyclic) bond motifs is 1. The second-order valence-corrected chi connectivity index (χ2v) is 5.21. The molecule has 1 aliphatic rings. The van der Waals surface area contributed by atoms with Gasteiger partial charge in [-0.05, 0) is 36.7 Å². The van der Waals surface area contributed by atoms with Crippen LogP contribution in [0.5, 0.6) is 0 Å². The number of carbonyl (C=O) groups is 1. The Morgan fingerprint density at radius 2 is 2.22 bits per heavy atom. The zero-order valence-corrected chi connectivity index (χ0v) is 10.7. The van der Waals surface area contributed by atoms with E-state index < -0.39 is 0 Å². The van der Waals surface area contributed by atoms with Crippen LogP contribution in [-0.2, 0) is 13.0 Å². The Labute approximate surface area is 109 Å². The highest BCUT2D eigenvalue weighted by atomic mass is 32.2. The summed E-state index contributed by atoms with van der Waals surface area (Å²) in [6.07, 6.45) is 5.28. The Morgan fingerprint density at radius 3 is 3.06 bits per heavy atom. The molecule has 1 aliphatic heterocycles. The molecule has 2 aromatic rings. The maximum absolute atomic E-state index is 10.6. The molecule has 94 valence electrons. The van der Waals surface area contributed by atoms with E-state index in [2.05, 4.69) is 14.8 Å². The average Bonchev–Trinajstić information content (AvgIpc) is 2.91. The third-order valence-corrected chi connectivity index (χ3v) is 3.89. The standard InChI is InChI=1S/C12H13N3O2S/c16-8-9-5-6-11(17-9)18-12-14-13-10-4-2-1-3-7-15(10)12/h5-6,8H,1-4,7H2. The Morgan fingerprint density at radius 1 is 1.28 bits per heavy atom. The van der Waals surface area contributed by atoms with Gasteiger partial charge < -0.3 is 8.98 Å². The van der Waals surface area contributed by atoms with Crippen LogP contribution >= 0.6 is 11.8 Å². The highest BCUT2D eigenvalue weighted by molar-refractivity contribution is 7.99. The second kappa shape index (κ2) is 4.97. The minimum Gasteiger partial charge on any atom is -0.447 e. The van der Waals surface area contributed by atoms with Gasteiger partial charge in [0.25, 0.3) is 0 Å². The number of aromatic nitrogens is 3. The van der Waals surface area contributed by atoms with Gasteiger partial charge in [-0.1, -0.05) is 6.42 Å². The van der Waals surface area contributed by atoms with E-state index in [0.717, 1.165) is 30.4 Å². The highest BCUT2D eigenvalue weighted by Gasteiger charge is 2.16. The summed E-state index contributed by atoms with van der Waals surface area (Å²) in [5, 5.41) is 9.94. The van der Waals surface area contributed by atoms with Crippen LogP contribution in [0, 0.1) is 0 Å². The number of hydrogen-bond donors (Lipinski definition) is 0. The smallest absolute Gasteiger partial charge is 0.198 e. The lowest BCUT2D eigenvalue weighted by molar-refractivity contribution is 0.109. The summed E-state index contributed by atoms with van der Waals surface area (Å²) in [4.78, 5) is 10.6. The first kappa shape index (κ1) is 11.5. The number of carbonyl (C=O) groups excluding carboxylic acids is 1. The fourth-order valence-corrected chi connectivity index (χ4v) is 2.92. The van der Waals surface area contributed by atoms with Crippen molar-refractivity contribution >= 4 is 18.0 Å². The predicted octanol–water partition coefficient (Wildman–Crippen LogP) is 2.56. The summed E-state index contributed by atoms with van der Waals surface area (Å²) < 4.78 is 7.50. The normalized spacial score (nSPS) is 15.1. The SMILES string of the molecule is O=Cc1ccc(Sc2nnc3n2CCCCC3)o1. The van der Waals surface area contributed by atoms with Crippen molar-refractivity contribution in [3.63, 3.8) is 0 Å². The van der Waals surface area contributed by atoms with Crippen molar-refractivity contribution < 1.29 is 9.21 Å². The Bertz CT molecular complexity index is 561. The minimum atomic E-state index is 0.341. The van der Waals surface area contributed by atoms with Crippen LogP contribution in [0.4, 0.5) is 0 Å². The molecule has 5 nitrogen and oxygen atoms in total. The van der Waals surface area contributed by atoms with Crippen LogP contribution in [0.3, 0.4) is 0 Å². The fraction of sp³-hybridized carbons (Fsp3) is 0.417. The topological polar surface area (TPSA) is 60.9 Å². The third-order valence-electron chi connectivity index (χ3n) is 2.99. The summed E-state index contributed by atoms with van der Waals surface area (Å²) in [6, 6.07) is 3.45. The van der Waals surface area contributed by atoms with Gasteiger partial charge in [0.15, 0.2) is 22.3 Å². The number of furan rings is 1. The van der Waals surface area contributed by atoms with Gasteiger partial charge in [0.2, 0.25) is 0 Å². The van der Waals surface area contributed by atoms with Crippen LogP contribution in [0.2, 0.25) is 0 Å². The first-order valence-corrected chi connectivity index (χ1v) is 6.83. The summed E-state index contributed by atoms with van der Waals surface area (Å²) in [5.41, 5.74) is 0. The van der Waals surface area contributed by atoms with E-state index in [-0.39, 0.29) is 0 Å². The maximum atomic E-state index is 10.6. The molecule has 0 saturated carbocycles. The number of aldehydes is 1. The van der Waals surface area contributed by atoms with Crippen molar-refractivity contribution in [3.8, 4) is 0 Å². The van der Waals surface area contributed by atoms with Gasteiger partial charge >= 0.3 is 0 Å². The minimum absolute atomic E-state index is 0.341. The lowest BCUT2D eigenvalue weighted by atomic mass is 10.2. The van der Waals surface area contributed by atoms with E-state index in [9.17, 15) is 4.79 Å². The molecule has 18 heavy (non-hydrogen) atoms. The Balaban J connectivity index is 1.84. The highest BCUT2D eigenvalue weighted by Crippen LogP contribution is 2.29. The lowest BCUT2D eigenvalue weighted by Gasteiger charge is -2.04. The largest absolute Gasteiger partial charge is 0.447 e. The molecule has 0 aromatic carbocycles. The zero-order chi connectivity index (χ0) is 12.4. The van der Waals surface area contributed by atoms with Crippen molar-refractivity contribution in [1.82, 2.24) is 14.8 Å². The predicted molar refractivity (Wildman–Crippen MR) is 65.8 cm³/mol. The monoisotopic (exact) mass is 263 g/mol. The quantitative estimate of drug-likeness (QED) is 0.796. The van der Waals surface area contributed by atoms with Crippen molar-refractivity contribution in [1.29, 1.82) is 0 Å². The molecule has 0 N–H and O–H groups in total.